The van der Waals surface area contributed by atoms with Gasteiger partial charge in [-0.05, 0) is 12.3 Å². The van der Waals surface area contributed by atoms with Gasteiger partial charge in [0, 0.05) is 12.0 Å². The summed E-state index contributed by atoms with van der Waals surface area (Å²) in [6.45, 7) is 1.25. The Hall–Kier alpha value is -0.360. The Labute approximate surface area is 140 Å². The summed E-state index contributed by atoms with van der Waals surface area (Å²) < 4.78 is 0. The average molecular weight is 351 g/mol. The molecule has 0 aromatic rings. The second-order valence-corrected chi connectivity index (χ2v) is 6.98. The zero-order chi connectivity index (χ0) is 18.2. The molecule has 0 saturated heterocycles. The van der Waals surface area contributed by atoms with E-state index in [1.807, 2.05) is 6.92 Å². The Bertz CT molecular complexity index is 411. The Kier molecular flexibility index (Phi) is 6.57. The van der Waals surface area contributed by atoms with Crippen molar-refractivity contribution in [1.29, 1.82) is 0 Å². The summed E-state index contributed by atoms with van der Waals surface area (Å²) in [7, 11) is 0. The lowest BCUT2D eigenvalue weighted by atomic mass is 9.74. The van der Waals surface area contributed by atoms with E-state index in [9.17, 15) is 40.9 Å². The van der Waals surface area contributed by atoms with Crippen LogP contribution in [-0.4, -0.2) is 102 Å². The van der Waals surface area contributed by atoms with Crippen LogP contribution in [0.15, 0.2) is 0 Å². The van der Waals surface area contributed by atoms with Crippen LogP contribution in [0.3, 0.4) is 0 Å². The molecule has 0 spiro atoms. The van der Waals surface area contributed by atoms with Crippen molar-refractivity contribution in [2.75, 3.05) is 6.61 Å². The Balaban J connectivity index is 2.15. The largest absolute Gasteiger partial charge is 0.396 e. The highest BCUT2D eigenvalue weighted by Gasteiger charge is 2.51. The highest BCUT2D eigenvalue weighted by atomic mass is 16.4. The van der Waals surface area contributed by atoms with Gasteiger partial charge >= 0.3 is 0 Å². The molecule has 9 heteroatoms. The number of hydrogen-bond donors (Lipinski definition) is 9. The number of nitrogens with one attached hydrogen (secondary N) is 1. The maximum absolute atomic E-state index is 10.3. The van der Waals surface area contributed by atoms with Gasteiger partial charge in [0.15, 0.2) is 0 Å². The van der Waals surface area contributed by atoms with Crippen LogP contribution in [0.25, 0.3) is 0 Å². The van der Waals surface area contributed by atoms with Crippen LogP contribution in [0.5, 0.6) is 0 Å². The molecule has 0 aromatic heterocycles. The van der Waals surface area contributed by atoms with E-state index in [0.717, 1.165) is 0 Å². The summed E-state index contributed by atoms with van der Waals surface area (Å²) in [4.78, 5) is 0. The topological polar surface area (TPSA) is 174 Å². The normalized spacial score (nSPS) is 53.1. The van der Waals surface area contributed by atoms with E-state index in [-0.39, 0.29) is 5.92 Å². The monoisotopic (exact) mass is 351 g/mol. The minimum Gasteiger partial charge on any atom is -0.396 e. The second-order valence-electron chi connectivity index (χ2n) is 6.98. The highest BCUT2D eigenvalue weighted by Crippen LogP contribution is 2.31. The molecule has 0 heterocycles. The van der Waals surface area contributed by atoms with Crippen LogP contribution in [0.4, 0.5) is 0 Å². The maximum atomic E-state index is 10.3. The van der Waals surface area contributed by atoms with E-state index in [4.69, 9.17) is 0 Å². The molecule has 0 radical (unpaired) electrons. The fourth-order valence-corrected chi connectivity index (χ4v) is 3.90. The smallest absolute Gasteiger partial charge is 0.108 e. The van der Waals surface area contributed by atoms with Crippen molar-refractivity contribution in [1.82, 2.24) is 5.32 Å². The van der Waals surface area contributed by atoms with Gasteiger partial charge in [-0.2, -0.15) is 0 Å². The lowest BCUT2D eigenvalue weighted by Crippen LogP contribution is -2.70. The van der Waals surface area contributed by atoms with Crippen molar-refractivity contribution in [3.63, 3.8) is 0 Å². The highest BCUT2D eigenvalue weighted by molar-refractivity contribution is 5.05. The van der Waals surface area contributed by atoms with Crippen LogP contribution < -0.4 is 5.32 Å². The molecule has 0 aliphatic heterocycles. The van der Waals surface area contributed by atoms with Gasteiger partial charge in [-0.1, -0.05) is 13.3 Å². The maximum Gasteiger partial charge on any atom is 0.108 e. The van der Waals surface area contributed by atoms with Gasteiger partial charge in [-0.15, -0.1) is 0 Å². The summed E-state index contributed by atoms with van der Waals surface area (Å²) in [5, 5.41) is 82.4. The standard InChI is InChI=1S/C15H29NO8/c1-2-5-3-7(12(21)14(23)9(5)18)16-8-10(19)6(4-17)11(20)15(24)13(8)22/h5-24H,2-4H2,1H3. The molecule has 9 N–H and O–H groups in total. The molecular formula is C15H29NO8. The molecule has 11 unspecified atom stereocenters. The van der Waals surface area contributed by atoms with Gasteiger partial charge < -0.3 is 46.2 Å². The molecule has 2 aliphatic rings. The van der Waals surface area contributed by atoms with E-state index in [0.29, 0.717) is 12.8 Å². The quantitative estimate of drug-likeness (QED) is 0.244. The lowest BCUT2D eigenvalue weighted by molar-refractivity contribution is -0.181. The minimum absolute atomic E-state index is 0.275. The summed E-state index contributed by atoms with van der Waals surface area (Å²) in [5.41, 5.74) is 0. The fourth-order valence-electron chi connectivity index (χ4n) is 3.90. The second kappa shape index (κ2) is 7.90. The first-order chi connectivity index (χ1) is 11.2. The van der Waals surface area contributed by atoms with Crippen molar-refractivity contribution in [3.8, 4) is 0 Å². The SMILES string of the molecule is CCC1CC(NC2C(O)C(O)C(O)C(CO)C2O)C(O)C(O)C1O. The van der Waals surface area contributed by atoms with E-state index < -0.39 is 67.3 Å². The van der Waals surface area contributed by atoms with E-state index in [2.05, 4.69) is 5.32 Å². The molecule has 0 aromatic carbocycles. The zero-order valence-electron chi connectivity index (χ0n) is 13.5. The van der Waals surface area contributed by atoms with Crippen molar-refractivity contribution >= 4 is 0 Å². The van der Waals surface area contributed by atoms with Crippen LogP contribution >= 0.6 is 0 Å². The molecule has 9 nitrogen and oxygen atoms in total. The Morgan fingerprint density at radius 2 is 1.33 bits per heavy atom. The first-order valence-corrected chi connectivity index (χ1v) is 8.37. The molecule has 2 rings (SSSR count). The van der Waals surface area contributed by atoms with Gasteiger partial charge in [0.1, 0.15) is 18.3 Å². The van der Waals surface area contributed by atoms with Crippen molar-refractivity contribution in [3.05, 3.63) is 0 Å². The van der Waals surface area contributed by atoms with Gasteiger partial charge in [0.2, 0.25) is 0 Å². The van der Waals surface area contributed by atoms with Gasteiger partial charge in [0.05, 0.1) is 37.1 Å². The molecule has 2 saturated carbocycles. The predicted molar refractivity (Wildman–Crippen MR) is 81.7 cm³/mol. The van der Waals surface area contributed by atoms with E-state index in [1.165, 1.54) is 0 Å². The molecule has 11 atom stereocenters. The lowest BCUT2D eigenvalue weighted by Gasteiger charge is -2.47. The predicted octanol–water partition coefficient (Wildman–Crippen LogP) is -4.11. The van der Waals surface area contributed by atoms with Crippen molar-refractivity contribution in [2.24, 2.45) is 11.8 Å². The molecule has 0 amide bonds. The number of hydrogen-bond acceptors (Lipinski definition) is 9. The van der Waals surface area contributed by atoms with Crippen LogP contribution in [0.2, 0.25) is 0 Å². The zero-order valence-corrected chi connectivity index (χ0v) is 13.5. The third-order valence-electron chi connectivity index (χ3n) is 5.61. The van der Waals surface area contributed by atoms with Crippen molar-refractivity contribution < 1.29 is 40.9 Å². The van der Waals surface area contributed by atoms with Crippen LogP contribution in [0, 0.1) is 11.8 Å². The Morgan fingerprint density at radius 1 is 0.750 bits per heavy atom. The Morgan fingerprint density at radius 3 is 1.88 bits per heavy atom. The summed E-state index contributed by atoms with van der Waals surface area (Å²) in [6, 6.07) is -1.84. The third kappa shape index (κ3) is 3.46. The average Bonchev–Trinajstić information content (AvgIpc) is 2.57. The number of aliphatic hydroxyl groups is 8. The van der Waals surface area contributed by atoms with Crippen molar-refractivity contribution in [2.45, 2.75) is 74.6 Å². The molecular weight excluding hydrogens is 322 g/mol. The first-order valence-electron chi connectivity index (χ1n) is 8.37. The molecule has 2 aliphatic carbocycles. The third-order valence-corrected chi connectivity index (χ3v) is 5.61. The molecule has 142 valence electrons. The van der Waals surface area contributed by atoms with Gasteiger partial charge in [0.25, 0.3) is 0 Å². The van der Waals surface area contributed by atoms with Gasteiger partial charge in [-0.25, -0.2) is 0 Å². The summed E-state index contributed by atoms with van der Waals surface area (Å²) >= 11 is 0. The van der Waals surface area contributed by atoms with Crippen LogP contribution in [-0.2, 0) is 0 Å². The van der Waals surface area contributed by atoms with Crippen LogP contribution in [0.1, 0.15) is 19.8 Å². The van der Waals surface area contributed by atoms with E-state index in [1.54, 1.807) is 0 Å². The molecule has 2 fully saturated rings. The summed E-state index contributed by atoms with van der Waals surface area (Å²) in [6.07, 6.45) is -8.82. The van der Waals surface area contributed by atoms with E-state index >= 15 is 0 Å². The fraction of sp³-hybridized carbons (Fsp3) is 1.00. The first kappa shape index (κ1) is 20.0. The van der Waals surface area contributed by atoms with Gasteiger partial charge in [-0.3, -0.25) is 0 Å². The summed E-state index contributed by atoms with van der Waals surface area (Å²) in [5.74, 6) is -1.33. The number of aliphatic hydroxyl groups excluding tert-OH is 8. The molecule has 0 bridgehead atoms. The minimum atomic E-state index is -1.57. The number of rotatable bonds is 4. The molecule has 24 heavy (non-hydrogen) atoms.